The van der Waals surface area contributed by atoms with E-state index in [1.165, 1.54) is 6.08 Å². The molecule has 0 aliphatic carbocycles. The molecule has 0 aromatic rings. The third kappa shape index (κ3) is 1.88. The highest BCUT2D eigenvalue weighted by atomic mass is 16.1. The molecule has 1 unspecified atom stereocenters. The van der Waals surface area contributed by atoms with Gasteiger partial charge in [0, 0.05) is 6.54 Å². The molecule has 11 heavy (non-hydrogen) atoms. The van der Waals surface area contributed by atoms with Gasteiger partial charge in [-0.15, -0.1) is 0 Å². The lowest BCUT2D eigenvalue weighted by molar-refractivity contribution is -0.123. The first kappa shape index (κ1) is 10.3. The summed E-state index contributed by atoms with van der Waals surface area (Å²) in [5.74, 6) is -0.0370. The lowest BCUT2D eigenvalue weighted by Crippen LogP contribution is -2.53. The summed E-state index contributed by atoms with van der Waals surface area (Å²) in [5.41, 5.74) is 4.88. The van der Waals surface area contributed by atoms with Crippen molar-refractivity contribution in [2.75, 3.05) is 20.6 Å². The van der Waals surface area contributed by atoms with Gasteiger partial charge in [0.2, 0.25) is 0 Å². The van der Waals surface area contributed by atoms with Crippen molar-refractivity contribution in [3.05, 3.63) is 12.7 Å². The van der Waals surface area contributed by atoms with Gasteiger partial charge in [-0.3, -0.25) is 9.69 Å². The van der Waals surface area contributed by atoms with Crippen LogP contribution >= 0.6 is 0 Å². The van der Waals surface area contributed by atoms with Crippen LogP contribution in [0.15, 0.2) is 12.7 Å². The van der Waals surface area contributed by atoms with E-state index >= 15 is 0 Å². The second-order valence-corrected chi connectivity index (χ2v) is 2.94. The Kier molecular flexibility index (Phi) is 3.42. The first-order valence-corrected chi connectivity index (χ1v) is 3.53. The summed E-state index contributed by atoms with van der Waals surface area (Å²) in [6.45, 7) is 5.54. The number of likely N-dealkylation sites (N-methyl/N-ethyl adjacent to an activating group) is 1. The highest BCUT2D eigenvalue weighted by Gasteiger charge is 2.31. The molecule has 0 aliphatic heterocycles. The van der Waals surface area contributed by atoms with Gasteiger partial charge in [0.05, 0.1) is 5.54 Å². The average molecular weight is 156 g/mol. The molecule has 0 saturated carbocycles. The summed E-state index contributed by atoms with van der Waals surface area (Å²) >= 11 is 0. The molecule has 0 heterocycles. The molecule has 0 saturated heterocycles. The molecule has 0 bridgehead atoms. The Morgan fingerprint density at radius 1 is 1.73 bits per heavy atom. The maximum Gasteiger partial charge on any atom is 0.176 e. The van der Waals surface area contributed by atoms with Crippen molar-refractivity contribution >= 4 is 5.78 Å². The highest BCUT2D eigenvalue weighted by molar-refractivity contribution is 5.97. The molecule has 0 spiro atoms. The lowest BCUT2D eigenvalue weighted by atomic mass is 9.95. The molecule has 0 aliphatic rings. The summed E-state index contributed by atoms with van der Waals surface area (Å²) in [4.78, 5) is 13.1. The zero-order chi connectivity index (χ0) is 9.07. The largest absolute Gasteiger partial charge is 0.328 e. The summed E-state index contributed by atoms with van der Waals surface area (Å²) < 4.78 is 0. The molecule has 0 rings (SSSR count). The predicted molar refractivity (Wildman–Crippen MR) is 46.4 cm³/mol. The maximum atomic E-state index is 11.3. The molecule has 0 fully saturated rings. The van der Waals surface area contributed by atoms with Gasteiger partial charge in [-0.1, -0.05) is 6.58 Å². The van der Waals surface area contributed by atoms with Gasteiger partial charge in [-0.05, 0) is 27.1 Å². The second kappa shape index (κ2) is 3.64. The Hall–Kier alpha value is -0.670. The first-order chi connectivity index (χ1) is 4.99. The fourth-order valence-corrected chi connectivity index (χ4v) is 0.723. The quantitative estimate of drug-likeness (QED) is 0.584. The van der Waals surface area contributed by atoms with Crippen molar-refractivity contribution in [3.8, 4) is 0 Å². The van der Waals surface area contributed by atoms with E-state index in [1.807, 2.05) is 14.1 Å². The number of ketones is 1. The van der Waals surface area contributed by atoms with E-state index in [-0.39, 0.29) is 5.78 Å². The fourth-order valence-electron chi connectivity index (χ4n) is 0.723. The fraction of sp³-hybridized carbons (Fsp3) is 0.625. The van der Waals surface area contributed by atoms with Crippen molar-refractivity contribution in [1.82, 2.24) is 4.90 Å². The van der Waals surface area contributed by atoms with E-state index in [0.717, 1.165) is 0 Å². The van der Waals surface area contributed by atoms with Crippen LogP contribution in [0, 0.1) is 0 Å². The van der Waals surface area contributed by atoms with Gasteiger partial charge in [-0.2, -0.15) is 0 Å². The van der Waals surface area contributed by atoms with Gasteiger partial charge in [0.1, 0.15) is 0 Å². The number of hydrogen-bond donors (Lipinski definition) is 1. The number of rotatable bonds is 4. The Morgan fingerprint density at radius 3 is 2.27 bits per heavy atom. The van der Waals surface area contributed by atoms with Crippen LogP contribution in [0.2, 0.25) is 0 Å². The SMILES string of the molecule is C=CC(=O)C(C)(CN)N(C)C. The number of nitrogens with two attached hydrogens (primary N) is 1. The Labute approximate surface area is 67.9 Å². The van der Waals surface area contributed by atoms with E-state index in [9.17, 15) is 4.79 Å². The third-order valence-corrected chi connectivity index (χ3v) is 2.10. The topological polar surface area (TPSA) is 46.3 Å². The minimum absolute atomic E-state index is 0.0370. The summed E-state index contributed by atoms with van der Waals surface area (Å²) in [5, 5.41) is 0. The Morgan fingerprint density at radius 2 is 2.18 bits per heavy atom. The molecule has 0 radical (unpaired) electrons. The molecule has 64 valence electrons. The van der Waals surface area contributed by atoms with Crippen LogP contribution in [-0.2, 0) is 4.79 Å². The zero-order valence-corrected chi connectivity index (χ0v) is 7.42. The number of carbonyl (C=O) groups excluding carboxylic acids is 1. The van der Waals surface area contributed by atoms with E-state index < -0.39 is 5.54 Å². The van der Waals surface area contributed by atoms with Gasteiger partial charge in [-0.25, -0.2) is 0 Å². The molecule has 3 nitrogen and oxygen atoms in total. The maximum absolute atomic E-state index is 11.3. The van der Waals surface area contributed by atoms with Crippen LogP contribution in [0.4, 0.5) is 0 Å². The average Bonchev–Trinajstić information content (AvgIpc) is 2.01. The third-order valence-electron chi connectivity index (χ3n) is 2.10. The molecule has 3 heteroatoms. The van der Waals surface area contributed by atoms with Crippen LogP contribution in [0.3, 0.4) is 0 Å². The highest BCUT2D eigenvalue weighted by Crippen LogP contribution is 2.10. The van der Waals surface area contributed by atoms with E-state index in [0.29, 0.717) is 6.54 Å². The summed E-state index contributed by atoms with van der Waals surface area (Å²) in [6.07, 6.45) is 1.31. The van der Waals surface area contributed by atoms with Crippen LogP contribution in [-0.4, -0.2) is 36.9 Å². The van der Waals surface area contributed by atoms with Crippen molar-refractivity contribution in [2.24, 2.45) is 5.73 Å². The Bertz CT molecular complexity index is 165. The van der Waals surface area contributed by atoms with Gasteiger partial charge in [0.25, 0.3) is 0 Å². The standard InChI is InChI=1S/C8H16N2O/c1-5-7(11)8(2,6-9)10(3)4/h5H,1,6,9H2,2-4H3. The van der Waals surface area contributed by atoms with Crippen LogP contribution < -0.4 is 5.73 Å². The predicted octanol–water partition coefficient (Wildman–Crippen LogP) is 0.0205. The van der Waals surface area contributed by atoms with Crippen molar-refractivity contribution in [1.29, 1.82) is 0 Å². The number of carbonyl (C=O) groups is 1. The normalized spacial score (nSPS) is 16.1. The molecule has 1 atom stereocenters. The molecule has 0 aromatic heterocycles. The first-order valence-electron chi connectivity index (χ1n) is 3.53. The monoisotopic (exact) mass is 156 g/mol. The summed E-state index contributed by atoms with van der Waals surface area (Å²) in [7, 11) is 3.66. The Balaban J connectivity index is 4.58. The zero-order valence-electron chi connectivity index (χ0n) is 7.42. The van der Waals surface area contributed by atoms with E-state index in [4.69, 9.17) is 5.73 Å². The van der Waals surface area contributed by atoms with Gasteiger partial charge in [0.15, 0.2) is 5.78 Å². The minimum atomic E-state index is -0.595. The number of hydrogen-bond acceptors (Lipinski definition) is 3. The lowest BCUT2D eigenvalue weighted by Gasteiger charge is -2.32. The second-order valence-electron chi connectivity index (χ2n) is 2.94. The summed E-state index contributed by atoms with van der Waals surface area (Å²) in [6, 6.07) is 0. The number of nitrogens with zero attached hydrogens (tertiary/aromatic N) is 1. The molecular formula is C8H16N2O. The van der Waals surface area contributed by atoms with Crippen molar-refractivity contribution in [3.63, 3.8) is 0 Å². The van der Waals surface area contributed by atoms with Crippen molar-refractivity contribution in [2.45, 2.75) is 12.5 Å². The van der Waals surface area contributed by atoms with Crippen molar-refractivity contribution < 1.29 is 4.79 Å². The van der Waals surface area contributed by atoms with Crippen LogP contribution in [0.5, 0.6) is 0 Å². The molecular weight excluding hydrogens is 140 g/mol. The minimum Gasteiger partial charge on any atom is -0.328 e. The van der Waals surface area contributed by atoms with Gasteiger partial charge < -0.3 is 5.73 Å². The molecule has 2 N–H and O–H groups in total. The van der Waals surface area contributed by atoms with E-state index in [1.54, 1.807) is 11.8 Å². The van der Waals surface area contributed by atoms with E-state index in [2.05, 4.69) is 6.58 Å². The van der Waals surface area contributed by atoms with Gasteiger partial charge >= 0.3 is 0 Å². The molecule has 0 aromatic carbocycles. The van der Waals surface area contributed by atoms with Crippen LogP contribution in [0.25, 0.3) is 0 Å². The molecule has 0 amide bonds. The van der Waals surface area contributed by atoms with Crippen LogP contribution in [0.1, 0.15) is 6.92 Å². The smallest absolute Gasteiger partial charge is 0.176 e.